The predicted molar refractivity (Wildman–Crippen MR) is 59.8 cm³/mol. The molecule has 4 amide bonds. The summed E-state index contributed by atoms with van der Waals surface area (Å²) in [4.78, 5) is 36.5. The Kier molecular flexibility index (Phi) is 4.03. The van der Waals surface area contributed by atoms with Gasteiger partial charge in [0.05, 0.1) is 12.9 Å². The molecule has 0 radical (unpaired) electrons. The van der Waals surface area contributed by atoms with E-state index in [9.17, 15) is 14.4 Å². The van der Waals surface area contributed by atoms with Gasteiger partial charge >= 0.3 is 6.03 Å². The van der Waals surface area contributed by atoms with Crippen molar-refractivity contribution in [3.63, 3.8) is 0 Å². The number of imide groups is 2. The summed E-state index contributed by atoms with van der Waals surface area (Å²) >= 11 is 0. The standard InChI is InChI=1S/C11H14N2O4/c1-4-17-7-5-6-8-9(14)12(2)11(16)13(3)10(8)15/h5-7H,4H2,1-3H3/b7-5-. The van der Waals surface area contributed by atoms with E-state index in [-0.39, 0.29) is 5.57 Å². The van der Waals surface area contributed by atoms with Gasteiger partial charge < -0.3 is 4.74 Å². The van der Waals surface area contributed by atoms with Crippen molar-refractivity contribution in [3.05, 3.63) is 24.0 Å². The third kappa shape index (κ3) is 2.52. The Bertz CT molecular complexity index is 386. The summed E-state index contributed by atoms with van der Waals surface area (Å²) in [6.45, 7) is 2.31. The van der Waals surface area contributed by atoms with Gasteiger partial charge in [0.1, 0.15) is 5.57 Å². The zero-order valence-corrected chi connectivity index (χ0v) is 9.97. The third-order valence-electron chi connectivity index (χ3n) is 2.25. The molecule has 17 heavy (non-hydrogen) atoms. The number of urea groups is 1. The Morgan fingerprint density at radius 1 is 1.12 bits per heavy atom. The van der Waals surface area contributed by atoms with Crippen molar-refractivity contribution in [2.75, 3.05) is 20.7 Å². The molecule has 0 bridgehead atoms. The van der Waals surface area contributed by atoms with Crippen LogP contribution in [0.3, 0.4) is 0 Å². The van der Waals surface area contributed by atoms with Crippen LogP contribution in [0, 0.1) is 0 Å². The number of hydrogen-bond donors (Lipinski definition) is 0. The minimum absolute atomic E-state index is 0.0643. The van der Waals surface area contributed by atoms with Crippen LogP contribution in [-0.2, 0) is 14.3 Å². The number of amides is 4. The first kappa shape index (κ1) is 13.0. The zero-order chi connectivity index (χ0) is 13.0. The Morgan fingerprint density at radius 2 is 1.65 bits per heavy atom. The molecule has 0 saturated carbocycles. The van der Waals surface area contributed by atoms with Gasteiger partial charge in [0, 0.05) is 14.1 Å². The van der Waals surface area contributed by atoms with Crippen LogP contribution in [0.25, 0.3) is 0 Å². The summed E-state index contributed by atoms with van der Waals surface area (Å²) in [5.74, 6) is -1.22. The molecule has 1 heterocycles. The van der Waals surface area contributed by atoms with E-state index in [1.807, 2.05) is 6.92 Å². The van der Waals surface area contributed by atoms with E-state index in [4.69, 9.17) is 4.74 Å². The van der Waals surface area contributed by atoms with Crippen molar-refractivity contribution in [2.45, 2.75) is 6.92 Å². The van der Waals surface area contributed by atoms with E-state index < -0.39 is 17.8 Å². The maximum Gasteiger partial charge on any atom is 0.333 e. The van der Waals surface area contributed by atoms with E-state index in [1.54, 1.807) is 0 Å². The molecule has 1 rings (SSSR count). The topological polar surface area (TPSA) is 66.9 Å². The van der Waals surface area contributed by atoms with E-state index in [0.29, 0.717) is 6.61 Å². The number of ether oxygens (including phenoxy) is 1. The Hall–Kier alpha value is -2.11. The lowest BCUT2D eigenvalue weighted by molar-refractivity contribution is -0.134. The van der Waals surface area contributed by atoms with Crippen molar-refractivity contribution in [1.29, 1.82) is 0 Å². The molecule has 0 aromatic heterocycles. The molecular weight excluding hydrogens is 224 g/mol. The molecule has 1 saturated heterocycles. The van der Waals surface area contributed by atoms with Gasteiger partial charge in [-0.15, -0.1) is 0 Å². The van der Waals surface area contributed by atoms with E-state index in [0.717, 1.165) is 9.80 Å². The lowest BCUT2D eigenvalue weighted by atomic mass is 10.1. The first-order valence-corrected chi connectivity index (χ1v) is 5.09. The first-order valence-electron chi connectivity index (χ1n) is 5.09. The fourth-order valence-electron chi connectivity index (χ4n) is 1.28. The van der Waals surface area contributed by atoms with Crippen LogP contribution in [0.4, 0.5) is 4.79 Å². The smallest absolute Gasteiger partial charge is 0.333 e. The second kappa shape index (κ2) is 5.29. The molecule has 1 aliphatic rings. The summed E-state index contributed by atoms with van der Waals surface area (Å²) < 4.78 is 4.93. The number of likely N-dealkylation sites (N-methyl/N-ethyl adjacent to an activating group) is 2. The molecule has 6 nitrogen and oxygen atoms in total. The Balaban J connectivity index is 2.94. The lowest BCUT2D eigenvalue weighted by Gasteiger charge is -2.28. The van der Waals surface area contributed by atoms with Gasteiger partial charge in [-0.05, 0) is 19.1 Å². The molecule has 0 atom stereocenters. The van der Waals surface area contributed by atoms with Crippen molar-refractivity contribution in [1.82, 2.24) is 9.80 Å². The maximum absolute atomic E-state index is 11.7. The maximum atomic E-state index is 11.7. The minimum atomic E-state index is -0.633. The number of carbonyl (C=O) groups is 3. The lowest BCUT2D eigenvalue weighted by Crippen LogP contribution is -2.52. The molecule has 0 spiro atoms. The number of barbiturate groups is 1. The molecule has 6 heteroatoms. The van der Waals surface area contributed by atoms with Crippen LogP contribution in [0.5, 0.6) is 0 Å². The number of nitrogens with zero attached hydrogens (tertiary/aromatic N) is 2. The molecule has 92 valence electrons. The summed E-state index contributed by atoms with van der Waals surface area (Å²) in [7, 11) is 2.65. The van der Waals surface area contributed by atoms with Gasteiger partial charge in [-0.3, -0.25) is 19.4 Å². The van der Waals surface area contributed by atoms with Crippen molar-refractivity contribution >= 4 is 17.8 Å². The van der Waals surface area contributed by atoms with Crippen LogP contribution in [0.1, 0.15) is 6.92 Å². The molecule has 0 unspecified atom stereocenters. The van der Waals surface area contributed by atoms with Gasteiger partial charge in [0.25, 0.3) is 11.8 Å². The van der Waals surface area contributed by atoms with E-state index in [1.165, 1.54) is 32.5 Å². The second-order valence-electron chi connectivity index (χ2n) is 3.38. The third-order valence-corrected chi connectivity index (χ3v) is 2.25. The SMILES string of the molecule is CCO/C=C\C=C1C(=O)N(C)C(=O)N(C)C1=O. The summed E-state index contributed by atoms with van der Waals surface area (Å²) in [5.41, 5.74) is -0.0643. The molecule has 1 fully saturated rings. The first-order chi connectivity index (χ1) is 8.00. The zero-order valence-electron chi connectivity index (χ0n) is 9.97. The highest BCUT2D eigenvalue weighted by atomic mass is 16.5. The highest BCUT2D eigenvalue weighted by Gasteiger charge is 2.37. The van der Waals surface area contributed by atoms with Crippen LogP contribution in [0.15, 0.2) is 24.0 Å². The van der Waals surface area contributed by atoms with E-state index >= 15 is 0 Å². The summed E-state index contributed by atoms with van der Waals surface area (Å²) in [6, 6.07) is -0.633. The summed E-state index contributed by atoms with van der Waals surface area (Å²) in [5, 5.41) is 0. The normalized spacial score (nSPS) is 17.1. The highest BCUT2D eigenvalue weighted by Crippen LogP contribution is 2.14. The van der Waals surface area contributed by atoms with Crippen LogP contribution in [-0.4, -0.2) is 48.3 Å². The Labute approximate surface area is 99.1 Å². The molecule has 1 aliphatic heterocycles. The van der Waals surface area contributed by atoms with Gasteiger partial charge in [0.15, 0.2) is 0 Å². The number of rotatable bonds is 3. The minimum Gasteiger partial charge on any atom is -0.501 e. The highest BCUT2D eigenvalue weighted by molar-refractivity contribution is 6.28. The molecule has 0 aliphatic carbocycles. The monoisotopic (exact) mass is 238 g/mol. The number of carbonyl (C=O) groups excluding carboxylic acids is 3. The summed E-state index contributed by atoms with van der Waals surface area (Å²) in [6.07, 6.45) is 4.16. The van der Waals surface area contributed by atoms with Gasteiger partial charge in [0.2, 0.25) is 0 Å². The molecule has 0 N–H and O–H groups in total. The van der Waals surface area contributed by atoms with E-state index in [2.05, 4.69) is 0 Å². The van der Waals surface area contributed by atoms with Crippen LogP contribution >= 0.6 is 0 Å². The second-order valence-corrected chi connectivity index (χ2v) is 3.38. The van der Waals surface area contributed by atoms with Crippen LogP contribution in [0.2, 0.25) is 0 Å². The quantitative estimate of drug-likeness (QED) is 0.408. The predicted octanol–water partition coefficient (Wildman–Crippen LogP) is 0.513. The number of allylic oxidation sites excluding steroid dienone is 2. The van der Waals surface area contributed by atoms with Crippen LogP contribution < -0.4 is 0 Å². The van der Waals surface area contributed by atoms with Crippen molar-refractivity contribution in [2.24, 2.45) is 0 Å². The molecular formula is C11H14N2O4. The average Bonchev–Trinajstić information content (AvgIpc) is 2.33. The largest absolute Gasteiger partial charge is 0.501 e. The fraction of sp³-hybridized carbons (Fsp3) is 0.364. The molecule has 0 aromatic carbocycles. The van der Waals surface area contributed by atoms with Crippen molar-refractivity contribution < 1.29 is 19.1 Å². The average molecular weight is 238 g/mol. The van der Waals surface area contributed by atoms with Gasteiger partial charge in [-0.1, -0.05) is 0 Å². The Morgan fingerprint density at radius 3 is 2.12 bits per heavy atom. The number of hydrogen-bond acceptors (Lipinski definition) is 4. The fourth-order valence-corrected chi connectivity index (χ4v) is 1.28. The van der Waals surface area contributed by atoms with Gasteiger partial charge in [-0.2, -0.15) is 0 Å². The van der Waals surface area contributed by atoms with Gasteiger partial charge in [-0.25, -0.2) is 4.79 Å². The molecule has 0 aromatic rings. The van der Waals surface area contributed by atoms with Crippen molar-refractivity contribution in [3.8, 4) is 0 Å².